The zero-order chi connectivity index (χ0) is 13.6. The summed E-state index contributed by atoms with van der Waals surface area (Å²) in [5, 5.41) is 10.3. The molecule has 2 aliphatic heterocycles. The Hall–Kier alpha value is -0.200. The van der Waals surface area contributed by atoms with Gasteiger partial charge in [-0.25, -0.2) is 0 Å². The third-order valence-electron chi connectivity index (χ3n) is 5.14. The number of rotatable bonds is 2. The summed E-state index contributed by atoms with van der Waals surface area (Å²) in [6.45, 7) is 0.586. The first kappa shape index (κ1) is 13.5. The van der Waals surface area contributed by atoms with Gasteiger partial charge in [-0.1, -0.05) is 0 Å². The summed E-state index contributed by atoms with van der Waals surface area (Å²) in [4.78, 5) is 0. The molecule has 1 spiro atoms. The summed E-state index contributed by atoms with van der Waals surface area (Å²) >= 11 is 0. The van der Waals surface area contributed by atoms with Crippen molar-refractivity contribution in [3.63, 3.8) is 0 Å². The minimum absolute atomic E-state index is 0.0452. The molecule has 2 saturated heterocycles. The van der Waals surface area contributed by atoms with Crippen LogP contribution in [0.1, 0.15) is 57.8 Å². The first-order valence-electron chi connectivity index (χ1n) is 8.04. The molecule has 5 nitrogen and oxygen atoms in total. The molecule has 1 unspecified atom stereocenters. The first-order chi connectivity index (χ1) is 9.67. The third kappa shape index (κ3) is 2.40. The molecule has 4 fully saturated rings. The van der Waals surface area contributed by atoms with E-state index in [1.54, 1.807) is 0 Å². The van der Waals surface area contributed by atoms with Crippen LogP contribution in [0.4, 0.5) is 0 Å². The van der Waals surface area contributed by atoms with E-state index >= 15 is 0 Å². The van der Waals surface area contributed by atoms with Crippen LogP contribution in [0.2, 0.25) is 0 Å². The minimum atomic E-state index is -0.982. The van der Waals surface area contributed by atoms with E-state index in [9.17, 15) is 5.11 Å². The largest absolute Gasteiger partial charge is 0.365 e. The van der Waals surface area contributed by atoms with Gasteiger partial charge in [0, 0.05) is 32.1 Å². The second-order valence-corrected chi connectivity index (χ2v) is 6.70. The number of aliphatic hydroxyl groups is 1. The smallest absolute Gasteiger partial charge is 0.168 e. The van der Waals surface area contributed by atoms with Crippen molar-refractivity contribution in [1.82, 2.24) is 0 Å². The van der Waals surface area contributed by atoms with Crippen molar-refractivity contribution in [3.05, 3.63) is 0 Å². The van der Waals surface area contributed by atoms with Gasteiger partial charge in [0.25, 0.3) is 0 Å². The van der Waals surface area contributed by atoms with Crippen molar-refractivity contribution in [2.24, 2.45) is 0 Å². The van der Waals surface area contributed by atoms with Gasteiger partial charge in [-0.15, -0.1) is 0 Å². The molecule has 3 atom stereocenters. The molecule has 4 aliphatic rings. The monoisotopic (exact) mass is 284 g/mol. The Morgan fingerprint density at radius 3 is 2.40 bits per heavy atom. The molecule has 0 aromatic heterocycles. The molecule has 114 valence electrons. The topological polar surface area (TPSA) is 57.2 Å². The van der Waals surface area contributed by atoms with Gasteiger partial charge in [0.05, 0.1) is 12.7 Å². The van der Waals surface area contributed by atoms with E-state index in [0.29, 0.717) is 25.9 Å². The molecule has 1 N–H and O–H groups in total. The van der Waals surface area contributed by atoms with E-state index in [4.69, 9.17) is 18.9 Å². The Balaban J connectivity index is 1.37. The van der Waals surface area contributed by atoms with Gasteiger partial charge >= 0.3 is 0 Å². The lowest BCUT2D eigenvalue weighted by Gasteiger charge is -2.39. The van der Waals surface area contributed by atoms with Crippen LogP contribution in [-0.2, 0) is 18.9 Å². The molecule has 0 aromatic rings. The first-order valence-corrected chi connectivity index (χ1v) is 8.04. The lowest BCUT2D eigenvalue weighted by molar-refractivity contribution is -0.317. The maximum atomic E-state index is 10.3. The van der Waals surface area contributed by atoms with Crippen molar-refractivity contribution in [3.8, 4) is 0 Å². The fourth-order valence-corrected chi connectivity index (χ4v) is 4.04. The van der Waals surface area contributed by atoms with E-state index in [-0.39, 0.29) is 24.3 Å². The molecule has 2 aliphatic carbocycles. The maximum absolute atomic E-state index is 10.3. The van der Waals surface area contributed by atoms with Crippen LogP contribution in [0.15, 0.2) is 0 Å². The van der Waals surface area contributed by atoms with E-state index in [1.165, 1.54) is 12.8 Å². The third-order valence-corrected chi connectivity index (χ3v) is 5.14. The highest BCUT2D eigenvalue weighted by Gasteiger charge is 2.50. The van der Waals surface area contributed by atoms with Crippen molar-refractivity contribution in [1.29, 1.82) is 0 Å². The molecule has 5 heteroatoms. The van der Waals surface area contributed by atoms with Crippen molar-refractivity contribution >= 4 is 0 Å². The van der Waals surface area contributed by atoms with Crippen molar-refractivity contribution < 1.29 is 24.1 Å². The van der Waals surface area contributed by atoms with E-state index < -0.39 is 5.79 Å². The van der Waals surface area contributed by atoms with E-state index in [2.05, 4.69) is 0 Å². The second kappa shape index (κ2) is 4.92. The van der Waals surface area contributed by atoms with E-state index in [1.807, 2.05) is 0 Å². The zero-order valence-electron chi connectivity index (χ0n) is 11.9. The average molecular weight is 284 g/mol. The van der Waals surface area contributed by atoms with Gasteiger partial charge in [0.15, 0.2) is 17.9 Å². The molecule has 0 amide bonds. The number of ether oxygens (including phenoxy) is 4. The Kier molecular flexibility index (Phi) is 3.31. The van der Waals surface area contributed by atoms with Gasteiger partial charge < -0.3 is 24.1 Å². The van der Waals surface area contributed by atoms with Crippen LogP contribution in [0.5, 0.6) is 0 Å². The number of fused-ring (bicyclic) bond motifs is 1. The summed E-state index contributed by atoms with van der Waals surface area (Å²) < 4.78 is 23.8. The highest BCUT2D eigenvalue weighted by Crippen LogP contribution is 2.43. The van der Waals surface area contributed by atoms with Crippen LogP contribution in [0, 0.1) is 0 Å². The molecule has 0 aromatic carbocycles. The minimum Gasteiger partial charge on any atom is -0.365 e. The number of hydrogen-bond donors (Lipinski definition) is 1. The Labute approximate surface area is 119 Å². The summed E-state index contributed by atoms with van der Waals surface area (Å²) in [5.41, 5.74) is 0. The van der Waals surface area contributed by atoms with Gasteiger partial charge in [-0.2, -0.15) is 0 Å². The van der Waals surface area contributed by atoms with Crippen LogP contribution in [0.3, 0.4) is 0 Å². The van der Waals surface area contributed by atoms with Crippen LogP contribution >= 0.6 is 0 Å². The zero-order valence-corrected chi connectivity index (χ0v) is 11.9. The fraction of sp³-hybridized carbons (Fsp3) is 1.00. The fourth-order valence-electron chi connectivity index (χ4n) is 4.04. The van der Waals surface area contributed by atoms with E-state index in [0.717, 1.165) is 25.7 Å². The average Bonchev–Trinajstić information content (AvgIpc) is 3.11. The predicted molar refractivity (Wildman–Crippen MR) is 69.8 cm³/mol. The molecular weight excluding hydrogens is 260 g/mol. The molecule has 2 heterocycles. The Morgan fingerprint density at radius 1 is 0.950 bits per heavy atom. The molecule has 4 rings (SSSR count). The summed E-state index contributed by atoms with van der Waals surface area (Å²) in [5.74, 6) is -1.34. The standard InChI is InChI=1S/C15H24O5/c16-14(5-1-2-6-14)20-13-9-11-12(18-13)10-17-15(19-11)7-3-4-8-15/h11-13,16H,1-10H2/t11-,12?,13-/m1/s1. The lowest BCUT2D eigenvalue weighted by atomic mass is 10.1. The van der Waals surface area contributed by atoms with Crippen LogP contribution in [0.25, 0.3) is 0 Å². The van der Waals surface area contributed by atoms with Crippen molar-refractivity contribution in [2.45, 2.75) is 87.9 Å². The SMILES string of the molecule is OC1(O[C@@H]2C[C@H]3OC4(CCCC4)OCC3O2)CCCC1. The maximum Gasteiger partial charge on any atom is 0.168 e. The number of hydrogen-bond acceptors (Lipinski definition) is 5. The Morgan fingerprint density at radius 2 is 1.65 bits per heavy atom. The molecule has 0 bridgehead atoms. The highest BCUT2D eigenvalue weighted by atomic mass is 16.8. The lowest BCUT2D eigenvalue weighted by Crippen LogP contribution is -2.48. The quantitative estimate of drug-likeness (QED) is 0.787. The molecule has 20 heavy (non-hydrogen) atoms. The molecular formula is C15H24O5. The van der Waals surface area contributed by atoms with Gasteiger partial charge in [-0.3, -0.25) is 0 Å². The van der Waals surface area contributed by atoms with Gasteiger partial charge in [0.1, 0.15) is 6.10 Å². The highest BCUT2D eigenvalue weighted by molar-refractivity contribution is 4.90. The van der Waals surface area contributed by atoms with Crippen molar-refractivity contribution in [2.75, 3.05) is 6.61 Å². The second-order valence-electron chi connectivity index (χ2n) is 6.70. The Bertz CT molecular complexity index is 359. The normalized spacial score (nSPS) is 42.1. The van der Waals surface area contributed by atoms with Gasteiger partial charge in [0.2, 0.25) is 0 Å². The summed E-state index contributed by atoms with van der Waals surface area (Å²) in [7, 11) is 0. The summed E-state index contributed by atoms with van der Waals surface area (Å²) in [6.07, 6.45) is 8.18. The predicted octanol–water partition coefficient (Wildman–Crippen LogP) is 2.07. The summed E-state index contributed by atoms with van der Waals surface area (Å²) in [6, 6.07) is 0. The molecule has 0 radical (unpaired) electrons. The van der Waals surface area contributed by atoms with Crippen LogP contribution < -0.4 is 0 Å². The van der Waals surface area contributed by atoms with Gasteiger partial charge in [-0.05, 0) is 25.7 Å². The van der Waals surface area contributed by atoms with Crippen LogP contribution in [-0.4, -0.2) is 41.8 Å². The molecule has 2 saturated carbocycles.